The van der Waals surface area contributed by atoms with Gasteiger partial charge in [-0.05, 0) is 17.7 Å². The maximum absolute atomic E-state index is 12.2. The zero-order valence-corrected chi connectivity index (χ0v) is 14.3. The van der Waals surface area contributed by atoms with Gasteiger partial charge < -0.3 is 5.73 Å². The van der Waals surface area contributed by atoms with E-state index in [0.717, 1.165) is 5.56 Å². The van der Waals surface area contributed by atoms with Crippen molar-refractivity contribution >= 4 is 11.0 Å². The van der Waals surface area contributed by atoms with Crippen LogP contribution < -0.4 is 5.73 Å². The molecule has 3 rings (SSSR count). The molecule has 0 aliphatic carbocycles. The topological polar surface area (TPSA) is 35.9 Å². The number of fused-ring (bicyclic) bond motifs is 1. The summed E-state index contributed by atoms with van der Waals surface area (Å²) in [6.07, 6.45) is 0. The van der Waals surface area contributed by atoms with Gasteiger partial charge in [-0.15, -0.1) is 0 Å². The van der Waals surface area contributed by atoms with Crippen molar-refractivity contribution in [3.8, 4) is 0 Å². The van der Waals surface area contributed by atoms with Crippen molar-refractivity contribution < 1.29 is 23.7 Å². The van der Waals surface area contributed by atoms with Gasteiger partial charge in [-0.25, -0.2) is 4.39 Å². The van der Waals surface area contributed by atoms with E-state index in [4.69, 9.17) is 5.73 Å². The second-order valence-electron chi connectivity index (χ2n) is 4.68. The van der Waals surface area contributed by atoms with E-state index >= 15 is 0 Å². The Kier molecular flexibility index (Phi) is 5.26. The quantitative estimate of drug-likeness (QED) is 0.589. The van der Waals surface area contributed by atoms with Gasteiger partial charge in [-0.3, -0.25) is 0 Å². The Balaban J connectivity index is 0.000000161. The van der Waals surface area contributed by atoms with Crippen molar-refractivity contribution in [2.45, 2.75) is 6.54 Å². The maximum atomic E-state index is 12.2. The van der Waals surface area contributed by atoms with Crippen LogP contribution in [0.2, 0.25) is 0 Å². The monoisotopic (exact) mass is 466 g/mol. The third-order valence-corrected chi connectivity index (χ3v) is 4.79. The zero-order chi connectivity index (χ0) is 15.4. The van der Waals surface area contributed by atoms with Crippen LogP contribution in [0.15, 0.2) is 48.5 Å². The molecule has 0 saturated heterocycles. The first-order valence-corrected chi connectivity index (χ1v) is 7.68. The van der Waals surface area contributed by atoms with E-state index in [1.165, 1.54) is 27.0 Å². The SMILES string of the molecule is Cn1[c](=[Pt])n(C)c2ccccc21.NCc1ccc(F)cc1. The largest absolute Gasteiger partial charge is 0.326 e. The molecule has 3 nitrogen and oxygen atoms in total. The van der Waals surface area contributed by atoms with Gasteiger partial charge in [0.2, 0.25) is 0 Å². The van der Waals surface area contributed by atoms with Crippen LogP contribution in [-0.4, -0.2) is 9.13 Å². The smallest absolute Gasteiger partial charge is 0.123 e. The number of nitrogens with two attached hydrogens (primary N) is 1. The first kappa shape index (κ1) is 15.9. The third-order valence-electron chi connectivity index (χ3n) is 3.27. The van der Waals surface area contributed by atoms with Crippen LogP contribution in [0, 0.1) is 9.62 Å². The summed E-state index contributed by atoms with van der Waals surface area (Å²) in [5.41, 5.74) is 8.80. The number of benzene rings is 2. The standard InChI is InChI=1S/C9H10N2.C7H8FN.Pt/c1-10-7-11(2)9-6-4-3-5-8(9)10;8-7-3-1-6(5-9)2-4-7;/h3-6H,1-2H3;1-4H,5,9H2;. The summed E-state index contributed by atoms with van der Waals surface area (Å²) < 4.78 is 17.8. The fourth-order valence-corrected chi connectivity index (χ4v) is 2.61. The predicted octanol–water partition coefficient (Wildman–Crippen LogP) is 2.88. The van der Waals surface area contributed by atoms with Gasteiger partial charge >= 0.3 is 81.7 Å². The minimum Gasteiger partial charge on any atom is -0.326 e. The van der Waals surface area contributed by atoms with Gasteiger partial charge in [0.15, 0.2) is 0 Å². The fourth-order valence-electron chi connectivity index (χ4n) is 2.06. The number of nitrogens with zero attached hydrogens (tertiary/aromatic N) is 2. The summed E-state index contributed by atoms with van der Waals surface area (Å²) in [6.45, 7) is 0.472. The van der Waals surface area contributed by atoms with Crippen LogP contribution in [0.25, 0.3) is 11.0 Å². The molecule has 0 unspecified atom stereocenters. The molecule has 0 radical (unpaired) electrons. The molecule has 0 fully saturated rings. The molecule has 3 aromatic rings. The molecular weight excluding hydrogens is 448 g/mol. The summed E-state index contributed by atoms with van der Waals surface area (Å²) in [6, 6.07) is 14.6. The van der Waals surface area contributed by atoms with Crippen molar-refractivity contribution in [1.82, 2.24) is 9.13 Å². The Labute approximate surface area is 134 Å². The Morgan fingerprint density at radius 3 is 1.86 bits per heavy atom. The van der Waals surface area contributed by atoms with Crippen LogP contribution in [-0.2, 0) is 40.0 Å². The minimum atomic E-state index is -0.216. The fraction of sp³-hybridized carbons (Fsp3) is 0.188. The molecule has 0 spiro atoms. The normalized spacial score (nSPS) is 10.4. The average Bonchev–Trinajstić information content (AvgIpc) is 2.74. The summed E-state index contributed by atoms with van der Waals surface area (Å²) in [7, 11) is 4.18. The second-order valence-corrected chi connectivity index (χ2v) is 5.69. The number of hydrogen-bond acceptors (Lipinski definition) is 1. The van der Waals surface area contributed by atoms with E-state index in [2.05, 4.69) is 66.8 Å². The van der Waals surface area contributed by atoms with Crippen molar-refractivity contribution in [2.24, 2.45) is 19.8 Å². The van der Waals surface area contributed by atoms with Gasteiger partial charge in [0.1, 0.15) is 5.82 Å². The van der Waals surface area contributed by atoms with E-state index in [1.54, 1.807) is 12.1 Å². The molecule has 0 amide bonds. The van der Waals surface area contributed by atoms with Crippen molar-refractivity contribution in [2.75, 3.05) is 0 Å². The first-order valence-electron chi connectivity index (χ1n) is 6.55. The van der Waals surface area contributed by atoms with Crippen LogP contribution >= 0.6 is 0 Å². The van der Waals surface area contributed by atoms with E-state index in [-0.39, 0.29) is 5.82 Å². The number of para-hydroxylation sites is 2. The van der Waals surface area contributed by atoms with Crippen molar-refractivity contribution in [3.63, 3.8) is 0 Å². The molecule has 0 bridgehead atoms. The maximum Gasteiger partial charge on any atom is 0.123 e. The molecule has 1 aromatic heterocycles. The molecule has 2 N–H and O–H groups in total. The second kappa shape index (κ2) is 6.97. The van der Waals surface area contributed by atoms with Gasteiger partial charge in [0.25, 0.3) is 0 Å². The van der Waals surface area contributed by atoms with Gasteiger partial charge in [0.05, 0.1) is 0 Å². The molecule has 0 aliphatic heterocycles. The Morgan fingerprint density at radius 1 is 0.952 bits per heavy atom. The molecule has 1 heterocycles. The zero-order valence-electron chi connectivity index (χ0n) is 12.0. The molecule has 21 heavy (non-hydrogen) atoms. The molecule has 0 aliphatic rings. The first-order chi connectivity index (χ1) is 10.0. The van der Waals surface area contributed by atoms with Gasteiger partial charge in [0, 0.05) is 6.54 Å². The molecule has 2 aromatic carbocycles. The summed E-state index contributed by atoms with van der Waals surface area (Å²) >= 11 is 2.33. The van der Waals surface area contributed by atoms with E-state index < -0.39 is 0 Å². The number of halogens is 1. The van der Waals surface area contributed by atoms with Crippen LogP contribution in [0.4, 0.5) is 4.39 Å². The van der Waals surface area contributed by atoms with Crippen LogP contribution in [0.1, 0.15) is 5.56 Å². The third kappa shape index (κ3) is 3.58. The number of rotatable bonds is 1. The van der Waals surface area contributed by atoms with Crippen LogP contribution in [0.3, 0.4) is 0 Å². The summed E-state index contributed by atoms with van der Waals surface area (Å²) in [5.74, 6) is -0.216. The molecule has 114 valence electrons. The number of imidazole rings is 1. The molecular formula is C16H18FN3Pt. The summed E-state index contributed by atoms with van der Waals surface area (Å²) in [5, 5.41) is 0. The molecule has 0 atom stereocenters. The molecule has 5 heteroatoms. The number of aryl methyl sites for hydroxylation is 2. The average molecular weight is 466 g/mol. The molecule has 0 saturated carbocycles. The van der Waals surface area contributed by atoms with E-state index in [9.17, 15) is 4.39 Å². The predicted molar refractivity (Wildman–Crippen MR) is 79.4 cm³/mol. The Morgan fingerprint density at radius 2 is 1.43 bits per heavy atom. The minimum absolute atomic E-state index is 0.216. The van der Waals surface area contributed by atoms with Crippen molar-refractivity contribution in [3.05, 3.63) is 63.7 Å². The van der Waals surface area contributed by atoms with E-state index in [1.807, 2.05) is 0 Å². The Bertz CT molecular complexity index is 745. The van der Waals surface area contributed by atoms with Crippen molar-refractivity contribution in [1.29, 1.82) is 0 Å². The van der Waals surface area contributed by atoms with E-state index in [0.29, 0.717) is 6.54 Å². The summed E-state index contributed by atoms with van der Waals surface area (Å²) in [4.78, 5) is 0. The number of hydrogen-bond donors (Lipinski definition) is 1. The van der Waals surface area contributed by atoms with Gasteiger partial charge in [-0.1, -0.05) is 12.1 Å². The number of aromatic nitrogens is 2. The van der Waals surface area contributed by atoms with Crippen LogP contribution in [0.5, 0.6) is 0 Å². The van der Waals surface area contributed by atoms with Gasteiger partial charge in [-0.2, -0.15) is 0 Å². The Hall–Kier alpha value is -1.51.